The smallest absolute Gasteiger partial charge is 0.225 e. The van der Waals surface area contributed by atoms with Gasteiger partial charge in [-0.2, -0.15) is 0 Å². The fourth-order valence-corrected chi connectivity index (χ4v) is 2.43. The second kappa shape index (κ2) is 7.43. The van der Waals surface area contributed by atoms with Crippen molar-refractivity contribution in [2.24, 2.45) is 5.92 Å². The lowest BCUT2D eigenvalue weighted by molar-refractivity contribution is -0.129. The number of benzene rings is 1. The molecule has 1 aromatic rings. The summed E-state index contributed by atoms with van der Waals surface area (Å²) in [5, 5.41) is 3.53. The van der Waals surface area contributed by atoms with Gasteiger partial charge in [0.15, 0.2) is 0 Å². The predicted molar refractivity (Wildman–Crippen MR) is 79.9 cm³/mol. The quantitative estimate of drug-likeness (QED) is 0.865. The number of likely N-dealkylation sites (tertiary alicyclic amines) is 1. The van der Waals surface area contributed by atoms with Crippen LogP contribution in [-0.4, -0.2) is 43.5 Å². The van der Waals surface area contributed by atoms with Crippen molar-refractivity contribution in [1.29, 1.82) is 0 Å². The molecule has 0 spiro atoms. The standard InChI is InChI=1S/C15H19ClN2O3/c1-21-7-6-18-10-12(8-14(18)19)15(20)17-9-11-2-4-13(16)5-3-11/h2-5,12H,6-10H2,1H3,(H,17,20). The highest BCUT2D eigenvalue weighted by atomic mass is 35.5. The van der Waals surface area contributed by atoms with E-state index in [2.05, 4.69) is 5.32 Å². The maximum absolute atomic E-state index is 12.1. The van der Waals surface area contributed by atoms with Crippen molar-refractivity contribution in [3.8, 4) is 0 Å². The van der Waals surface area contributed by atoms with Gasteiger partial charge in [-0.25, -0.2) is 0 Å². The molecule has 1 fully saturated rings. The fourth-order valence-electron chi connectivity index (χ4n) is 2.30. The van der Waals surface area contributed by atoms with Gasteiger partial charge in [0, 0.05) is 38.2 Å². The average molecular weight is 311 g/mol. The monoisotopic (exact) mass is 310 g/mol. The largest absolute Gasteiger partial charge is 0.383 e. The van der Waals surface area contributed by atoms with Crippen LogP contribution in [-0.2, 0) is 20.9 Å². The Morgan fingerprint density at radius 2 is 2.14 bits per heavy atom. The van der Waals surface area contributed by atoms with E-state index in [0.717, 1.165) is 5.56 Å². The van der Waals surface area contributed by atoms with E-state index < -0.39 is 0 Å². The number of carbonyl (C=O) groups is 2. The van der Waals surface area contributed by atoms with Crippen molar-refractivity contribution < 1.29 is 14.3 Å². The van der Waals surface area contributed by atoms with Crippen molar-refractivity contribution in [2.45, 2.75) is 13.0 Å². The molecule has 0 bridgehead atoms. The molecule has 0 aromatic heterocycles. The zero-order chi connectivity index (χ0) is 15.2. The summed E-state index contributed by atoms with van der Waals surface area (Å²) in [5.41, 5.74) is 0.980. The molecule has 1 N–H and O–H groups in total. The third-order valence-corrected chi connectivity index (χ3v) is 3.78. The Bertz CT molecular complexity index is 504. The van der Waals surface area contributed by atoms with Crippen molar-refractivity contribution in [1.82, 2.24) is 10.2 Å². The van der Waals surface area contributed by atoms with Crippen LogP contribution in [0.25, 0.3) is 0 Å². The summed E-state index contributed by atoms with van der Waals surface area (Å²) >= 11 is 5.81. The van der Waals surface area contributed by atoms with Gasteiger partial charge in [-0.05, 0) is 17.7 Å². The van der Waals surface area contributed by atoms with E-state index in [4.69, 9.17) is 16.3 Å². The van der Waals surface area contributed by atoms with E-state index in [1.807, 2.05) is 12.1 Å². The van der Waals surface area contributed by atoms with E-state index in [0.29, 0.717) is 31.3 Å². The van der Waals surface area contributed by atoms with Crippen LogP contribution in [0.4, 0.5) is 0 Å². The number of hydrogen-bond donors (Lipinski definition) is 1. The number of nitrogens with one attached hydrogen (secondary N) is 1. The summed E-state index contributed by atoms with van der Waals surface area (Å²) in [5.74, 6) is -0.349. The van der Waals surface area contributed by atoms with Crippen LogP contribution in [0.2, 0.25) is 5.02 Å². The van der Waals surface area contributed by atoms with Gasteiger partial charge in [0.2, 0.25) is 11.8 Å². The topological polar surface area (TPSA) is 58.6 Å². The number of methoxy groups -OCH3 is 1. The van der Waals surface area contributed by atoms with Crippen LogP contribution in [0.3, 0.4) is 0 Å². The molecule has 0 saturated carbocycles. The van der Waals surface area contributed by atoms with Gasteiger partial charge in [0.05, 0.1) is 12.5 Å². The normalized spacial score (nSPS) is 18.1. The molecule has 1 heterocycles. The molecule has 2 amide bonds. The van der Waals surface area contributed by atoms with Crippen molar-refractivity contribution in [2.75, 3.05) is 26.8 Å². The van der Waals surface area contributed by atoms with E-state index in [-0.39, 0.29) is 24.2 Å². The Kier molecular flexibility index (Phi) is 5.59. The highest BCUT2D eigenvalue weighted by molar-refractivity contribution is 6.30. The number of amides is 2. The van der Waals surface area contributed by atoms with Crippen LogP contribution in [0.5, 0.6) is 0 Å². The molecule has 114 valence electrons. The number of carbonyl (C=O) groups excluding carboxylic acids is 2. The molecule has 21 heavy (non-hydrogen) atoms. The molecule has 0 aliphatic carbocycles. The van der Waals surface area contributed by atoms with Crippen LogP contribution in [0.15, 0.2) is 24.3 Å². The number of halogens is 1. The van der Waals surface area contributed by atoms with Crippen molar-refractivity contribution in [3.05, 3.63) is 34.9 Å². The van der Waals surface area contributed by atoms with E-state index in [1.165, 1.54) is 0 Å². The Balaban J connectivity index is 1.81. The molecule has 2 rings (SSSR count). The molecular weight excluding hydrogens is 292 g/mol. The maximum atomic E-state index is 12.1. The predicted octanol–water partition coefficient (Wildman–Crippen LogP) is 1.45. The van der Waals surface area contributed by atoms with E-state index in [9.17, 15) is 9.59 Å². The van der Waals surface area contributed by atoms with Crippen molar-refractivity contribution >= 4 is 23.4 Å². The third kappa shape index (κ3) is 4.44. The Labute approximate surface area is 129 Å². The number of hydrogen-bond acceptors (Lipinski definition) is 3. The van der Waals surface area contributed by atoms with Crippen molar-refractivity contribution in [3.63, 3.8) is 0 Å². The number of ether oxygens (including phenoxy) is 1. The van der Waals surface area contributed by atoms with Gasteiger partial charge in [-0.1, -0.05) is 23.7 Å². The molecule has 5 nitrogen and oxygen atoms in total. The Hall–Kier alpha value is -1.59. The molecule has 1 unspecified atom stereocenters. The molecule has 0 radical (unpaired) electrons. The zero-order valence-corrected chi connectivity index (χ0v) is 12.7. The minimum absolute atomic E-state index is 0.0127. The van der Waals surface area contributed by atoms with Crippen LogP contribution >= 0.6 is 11.6 Å². The summed E-state index contributed by atoms with van der Waals surface area (Å²) in [4.78, 5) is 25.6. The average Bonchev–Trinajstić information content (AvgIpc) is 2.85. The van der Waals surface area contributed by atoms with Gasteiger partial charge < -0.3 is 15.0 Å². The van der Waals surface area contributed by atoms with Gasteiger partial charge in [-0.3, -0.25) is 9.59 Å². The number of rotatable bonds is 6. The highest BCUT2D eigenvalue weighted by Crippen LogP contribution is 2.18. The molecule has 1 aliphatic heterocycles. The Morgan fingerprint density at radius 1 is 1.43 bits per heavy atom. The summed E-state index contributed by atoms with van der Waals surface area (Å²) in [6.07, 6.45) is 0.274. The lowest BCUT2D eigenvalue weighted by Crippen LogP contribution is -2.33. The molecule has 6 heteroatoms. The fraction of sp³-hybridized carbons (Fsp3) is 0.467. The zero-order valence-electron chi connectivity index (χ0n) is 12.0. The minimum Gasteiger partial charge on any atom is -0.383 e. The lowest BCUT2D eigenvalue weighted by Gasteiger charge is -2.15. The van der Waals surface area contributed by atoms with Crippen LogP contribution in [0.1, 0.15) is 12.0 Å². The second-order valence-electron chi connectivity index (χ2n) is 5.08. The molecule has 1 atom stereocenters. The first-order valence-corrected chi connectivity index (χ1v) is 7.27. The summed E-state index contributed by atoms with van der Waals surface area (Å²) < 4.78 is 4.96. The molecular formula is C15H19ClN2O3. The van der Waals surface area contributed by atoms with Gasteiger partial charge in [0.25, 0.3) is 0 Å². The van der Waals surface area contributed by atoms with Gasteiger partial charge >= 0.3 is 0 Å². The maximum Gasteiger partial charge on any atom is 0.225 e. The lowest BCUT2D eigenvalue weighted by atomic mass is 10.1. The van der Waals surface area contributed by atoms with Gasteiger partial charge in [0.1, 0.15) is 0 Å². The minimum atomic E-state index is -0.276. The third-order valence-electron chi connectivity index (χ3n) is 3.53. The Morgan fingerprint density at radius 3 is 2.81 bits per heavy atom. The molecule has 1 aromatic carbocycles. The first-order chi connectivity index (χ1) is 10.1. The SMILES string of the molecule is COCCN1CC(C(=O)NCc2ccc(Cl)cc2)CC1=O. The summed E-state index contributed by atoms with van der Waals surface area (Å²) in [6, 6.07) is 7.31. The summed E-state index contributed by atoms with van der Waals surface area (Å²) in [6.45, 7) is 1.94. The molecule has 1 aliphatic rings. The summed E-state index contributed by atoms with van der Waals surface area (Å²) in [7, 11) is 1.59. The van der Waals surface area contributed by atoms with E-state index in [1.54, 1.807) is 24.1 Å². The van der Waals surface area contributed by atoms with Crippen LogP contribution < -0.4 is 5.32 Å². The first-order valence-electron chi connectivity index (χ1n) is 6.89. The highest BCUT2D eigenvalue weighted by Gasteiger charge is 2.33. The van der Waals surface area contributed by atoms with Crippen LogP contribution in [0, 0.1) is 5.92 Å². The van der Waals surface area contributed by atoms with Gasteiger partial charge in [-0.15, -0.1) is 0 Å². The molecule has 1 saturated heterocycles. The number of nitrogens with zero attached hydrogens (tertiary/aromatic N) is 1. The first kappa shape index (κ1) is 15.8. The van der Waals surface area contributed by atoms with E-state index >= 15 is 0 Å². The second-order valence-corrected chi connectivity index (χ2v) is 5.51.